The van der Waals surface area contributed by atoms with Gasteiger partial charge in [0.05, 0.1) is 52.0 Å². The van der Waals surface area contributed by atoms with Crippen LogP contribution in [0.3, 0.4) is 0 Å². The summed E-state index contributed by atoms with van der Waals surface area (Å²) >= 11 is 1.60. The zero-order valence-electron chi connectivity index (χ0n) is 20.4. The van der Waals surface area contributed by atoms with Gasteiger partial charge in [-0.05, 0) is 48.5 Å². The summed E-state index contributed by atoms with van der Waals surface area (Å²) in [5.41, 5.74) is 4.03. The number of rotatable bonds is 8. The number of benzene rings is 3. The van der Waals surface area contributed by atoms with Crippen molar-refractivity contribution in [1.82, 2.24) is 20.0 Å². The van der Waals surface area contributed by atoms with Crippen LogP contribution in [0, 0.1) is 0 Å². The second-order valence-electron chi connectivity index (χ2n) is 7.70. The van der Waals surface area contributed by atoms with E-state index in [0.717, 1.165) is 37.8 Å². The van der Waals surface area contributed by atoms with Crippen LogP contribution in [-0.4, -0.2) is 55.5 Å². The summed E-state index contributed by atoms with van der Waals surface area (Å²) in [6, 6.07) is 15.4. The predicted molar refractivity (Wildman–Crippen MR) is 138 cm³/mol. The highest BCUT2D eigenvalue weighted by Gasteiger charge is 2.18. The van der Waals surface area contributed by atoms with E-state index < -0.39 is 0 Å². The molecule has 0 aliphatic rings. The van der Waals surface area contributed by atoms with Gasteiger partial charge in [0.25, 0.3) is 0 Å². The molecule has 36 heavy (non-hydrogen) atoms. The van der Waals surface area contributed by atoms with E-state index in [1.165, 1.54) is 0 Å². The fourth-order valence-electron chi connectivity index (χ4n) is 3.90. The molecule has 0 atom stereocenters. The Bertz CT molecular complexity index is 1520. The van der Waals surface area contributed by atoms with E-state index >= 15 is 0 Å². The van der Waals surface area contributed by atoms with Crippen LogP contribution in [0.15, 0.2) is 54.7 Å². The molecule has 0 fully saturated rings. The zero-order valence-corrected chi connectivity index (χ0v) is 21.3. The lowest BCUT2D eigenvalue weighted by Crippen LogP contribution is -1.99. The Balaban J connectivity index is 1.50. The molecular weight excluding hydrogens is 480 g/mol. The highest BCUT2D eigenvalue weighted by molar-refractivity contribution is 7.21. The van der Waals surface area contributed by atoms with Gasteiger partial charge in [-0.2, -0.15) is 0 Å². The molecule has 0 saturated carbocycles. The lowest BCUT2D eigenvalue weighted by molar-refractivity contribution is 0.324. The van der Waals surface area contributed by atoms with Gasteiger partial charge in [-0.15, -0.1) is 16.4 Å². The molecule has 0 aliphatic heterocycles. The molecule has 0 bridgehead atoms. The maximum Gasteiger partial charge on any atom is 0.203 e. The smallest absolute Gasteiger partial charge is 0.203 e. The van der Waals surface area contributed by atoms with Gasteiger partial charge in [0, 0.05) is 11.1 Å². The van der Waals surface area contributed by atoms with Gasteiger partial charge >= 0.3 is 0 Å². The van der Waals surface area contributed by atoms with E-state index in [1.807, 2.05) is 54.7 Å². The first-order valence-corrected chi connectivity index (χ1v) is 11.8. The van der Waals surface area contributed by atoms with Crippen molar-refractivity contribution in [1.29, 1.82) is 0 Å². The largest absolute Gasteiger partial charge is 0.497 e. The van der Waals surface area contributed by atoms with Gasteiger partial charge in [0.2, 0.25) is 5.75 Å². The Kier molecular flexibility index (Phi) is 6.34. The summed E-state index contributed by atoms with van der Waals surface area (Å²) in [5, 5.41) is 9.57. The third-order valence-electron chi connectivity index (χ3n) is 5.72. The Morgan fingerprint density at radius 2 is 1.44 bits per heavy atom. The van der Waals surface area contributed by atoms with Crippen LogP contribution in [0.5, 0.6) is 28.7 Å². The molecule has 0 radical (unpaired) electrons. The molecule has 0 aliphatic carbocycles. The summed E-state index contributed by atoms with van der Waals surface area (Å²) in [6.45, 7) is 0. The summed E-state index contributed by atoms with van der Waals surface area (Å²) in [4.78, 5) is 4.77. The molecule has 0 amide bonds. The number of hydrogen-bond acceptors (Lipinski definition) is 9. The number of methoxy groups -OCH3 is 5. The molecule has 184 valence electrons. The number of hydrogen-bond donors (Lipinski definition) is 0. The molecule has 9 nitrogen and oxygen atoms in total. The molecule has 0 unspecified atom stereocenters. The molecule has 0 N–H and O–H groups in total. The van der Waals surface area contributed by atoms with Crippen LogP contribution < -0.4 is 23.7 Å². The minimum atomic E-state index is 0.515. The third kappa shape index (κ3) is 4.16. The van der Waals surface area contributed by atoms with E-state index in [0.29, 0.717) is 28.7 Å². The molecule has 10 heteroatoms. The minimum Gasteiger partial charge on any atom is -0.497 e. The van der Waals surface area contributed by atoms with Crippen LogP contribution in [0.1, 0.15) is 0 Å². The second-order valence-corrected chi connectivity index (χ2v) is 8.73. The summed E-state index contributed by atoms with van der Waals surface area (Å²) in [6.07, 6.45) is 1.82. The van der Waals surface area contributed by atoms with Crippen molar-refractivity contribution in [3.63, 3.8) is 0 Å². The number of nitrogens with zero attached hydrogens (tertiary/aromatic N) is 4. The number of fused-ring (bicyclic) bond motifs is 1. The molecule has 2 aromatic heterocycles. The molecular formula is C26H24N4O5S. The fourth-order valence-corrected chi connectivity index (χ4v) is 4.89. The number of aromatic nitrogens is 4. The Labute approximate surface area is 211 Å². The number of thiazole rings is 1. The van der Waals surface area contributed by atoms with E-state index in [4.69, 9.17) is 28.7 Å². The fraction of sp³-hybridized carbons (Fsp3) is 0.192. The van der Waals surface area contributed by atoms with Crippen LogP contribution in [-0.2, 0) is 0 Å². The first-order valence-electron chi connectivity index (χ1n) is 10.9. The van der Waals surface area contributed by atoms with E-state index in [-0.39, 0.29) is 0 Å². The van der Waals surface area contributed by atoms with Gasteiger partial charge in [0.15, 0.2) is 11.5 Å². The molecule has 0 saturated heterocycles. The van der Waals surface area contributed by atoms with Crippen molar-refractivity contribution < 1.29 is 23.7 Å². The summed E-state index contributed by atoms with van der Waals surface area (Å²) in [7, 11) is 8.00. The monoisotopic (exact) mass is 504 g/mol. The Hall–Kier alpha value is -4.31. The van der Waals surface area contributed by atoms with Crippen LogP contribution >= 0.6 is 11.3 Å². The topological polar surface area (TPSA) is 89.8 Å². The van der Waals surface area contributed by atoms with Crippen molar-refractivity contribution in [2.24, 2.45) is 0 Å². The average molecular weight is 505 g/mol. The highest BCUT2D eigenvalue weighted by atomic mass is 32.1. The molecule has 5 aromatic rings. The molecule has 5 rings (SSSR count). The SMILES string of the molecule is COc1ccc2nc(-c3ccc(-n4cc(-c5cc(OC)c(OC)c(OC)c5)nn4)c(OC)c3)sc2c1. The van der Waals surface area contributed by atoms with Gasteiger partial charge < -0.3 is 23.7 Å². The van der Waals surface area contributed by atoms with E-state index in [2.05, 4.69) is 10.3 Å². The van der Waals surface area contributed by atoms with Crippen LogP contribution in [0.4, 0.5) is 0 Å². The first-order chi connectivity index (χ1) is 17.6. The van der Waals surface area contributed by atoms with Gasteiger partial charge in [0.1, 0.15) is 27.9 Å². The van der Waals surface area contributed by atoms with Crippen molar-refractivity contribution in [2.75, 3.05) is 35.5 Å². The highest BCUT2D eigenvalue weighted by Crippen LogP contribution is 2.41. The quantitative estimate of drug-likeness (QED) is 0.283. The number of ether oxygens (including phenoxy) is 5. The van der Waals surface area contributed by atoms with Crippen LogP contribution in [0.2, 0.25) is 0 Å². The second kappa shape index (κ2) is 9.74. The summed E-state index contributed by atoms with van der Waals surface area (Å²) in [5.74, 6) is 3.04. The maximum atomic E-state index is 5.70. The molecule has 0 spiro atoms. The average Bonchev–Trinajstić information content (AvgIpc) is 3.59. The van der Waals surface area contributed by atoms with Gasteiger partial charge in [-0.3, -0.25) is 0 Å². The normalized spacial score (nSPS) is 10.9. The van der Waals surface area contributed by atoms with Crippen molar-refractivity contribution in [2.45, 2.75) is 0 Å². The summed E-state index contributed by atoms with van der Waals surface area (Å²) < 4.78 is 30.1. The predicted octanol–water partition coefficient (Wildman–Crippen LogP) is 5.25. The Morgan fingerprint density at radius 3 is 2.11 bits per heavy atom. The minimum absolute atomic E-state index is 0.515. The van der Waals surface area contributed by atoms with E-state index in [1.54, 1.807) is 51.6 Å². The van der Waals surface area contributed by atoms with Crippen molar-refractivity contribution in [3.8, 4) is 56.3 Å². The van der Waals surface area contributed by atoms with Gasteiger partial charge in [-0.1, -0.05) is 5.21 Å². The lowest BCUT2D eigenvalue weighted by Gasteiger charge is -2.13. The Morgan fingerprint density at radius 1 is 0.722 bits per heavy atom. The first kappa shape index (κ1) is 23.4. The van der Waals surface area contributed by atoms with Crippen molar-refractivity contribution in [3.05, 3.63) is 54.7 Å². The zero-order chi connectivity index (χ0) is 25.2. The lowest BCUT2D eigenvalue weighted by atomic mass is 10.1. The molecule has 3 aromatic carbocycles. The van der Waals surface area contributed by atoms with E-state index in [9.17, 15) is 0 Å². The maximum absolute atomic E-state index is 5.70. The molecule has 2 heterocycles. The van der Waals surface area contributed by atoms with Crippen LogP contribution in [0.25, 0.3) is 37.7 Å². The van der Waals surface area contributed by atoms with Gasteiger partial charge in [-0.25, -0.2) is 9.67 Å². The third-order valence-corrected chi connectivity index (χ3v) is 6.79. The standard InChI is InChI=1S/C26H24N4O5S/c1-31-17-7-8-18-24(13-17)36-26(27-18)15-6-9-20(21(10-15)32-2)30-14-19(28-29-30)16-11-22(33-3)25(35-5)23(12-16)34-4/h6-14H,1-5H3. The van der Waals surface area contributed by atoms with Crippen molar-refractivity contribution >= 4 is 21.6 Å².